The Morgan fingerprint density at radius 3 is 1.35 bits per heavy atom. The van der Waals surface area contributed by atoms with Crippen molar-refractivity contribution in [3.8, 4) is 0 Å². The van der Waals surface area contributed by atoms with E-state index >= 15 is 0 Å². The molecule has 11 aromatic rings. The van der Waals surface area contributed by atoms with Crippen LogP contribution in [0.4, 0.5) is 34.1 Å². The smallest absolute Gasteiger partial charge is 0.147 e. The highest BCUT2D eigenvalue weighted by molar-refractivity contribution is 6.24. The Morgan fingerprint density at radius 2 is 0.817 bits per heavy atom. The Kier molecular flexibility index (Phi) is 8.49. The summed E-state index contributed by atoms with van der Waals surface area (Å²) in [5.74, 6) is 0.861. The zero-order valence-corrected chi connectivity index (χ0v) is 34.2. The summed E-state index contributed by atoms with van der Waals surface area (Å²) in [6.45, 7) is 8.97. The lowest BCUT2D eigenvalue weighted by Gasteiger charge is -2.26. The van der Waals surface area contributed by atoms with E-state index in [0.717, 1.165) is 99.5 Å². The van der Waals surface area contributed by atoms with E-state index in [1.54, 1.807) is 0 Å². The third kappa shape index (κ3) is 6.06. The first-order valence-electron chi connectivity index (χ1n) is 21.0. The topological polar surface area (TPSA) is 32.8 Å². The molecule has 290 valence electrons. The van der Waals surface area contributed by atoms with Gasteiger partial charge in [0.2, 0.25) is 0 Å². The monoisotopic (exact) mass is 776 g/mol. The molecule has 0 radical (unpaired) electrons. The van der Waals surface area contributed by atoms with Crippen molar-refractivity contribution in [1.82, 2.24) is 0 Å². The molecule has 0 bridgehead atoms. The number of nitrogens with zero attached hydrogens (tertiary/aromatic N) is 2. The van der Waals surface area contributed by atoms with Gasteiger partial charge in [0.05, 0.1) is 5.39 Å². The van der Waals surface area contributed by atoms with E-state index < -0.39 is 0 Å². The van der Waals surface area contributed by atoms with Crippen LogP contribution in [0.5, 0.6) is 0 Å². The van der Waals surface area contributed by atoms with Gasteiger partial charge in [0, 0.05) is 50.3 Å². The van der Waals surface area contributed by atoms with Crippen LogP contribution < -0.4 is 9.80 Å². The highest BCUT2D eigenvalue weighted by Gasteiger charge is 2.20. The maximum absolute atomic E-state index is 6.86. The number of rotatable bonds is 8. The van der Waals surface area contributed by atoms with Crippen molar-refractivity contribution in [2.45, 2.75) is 39.5 Å². The van der Waals surface area contributed by atoms with Gasteiger partial charge >= 0.3 is 0 Å². The molecule has 0 unspecified atom stereocenters. The summed E-state index contributed by atoms with van der Waals surface area (Å²) < 4.78 is 13.5. The van der Waals surface area contributed by atoms with Crippen LogP contribution in [0.1, 0.15) is 50.7 Å². The Bertz CT molecular complexity index is 3400. The van der Waals surface area contributed by atoms with Crippen LogP contribution in [0.2, 0.25) is 0 Å². The van der Waals surface area contributed by atoms with Crippen molar-refractivity contribution in [1.29, 1.82) is 0 Å². The van der Waals surface area contributed by atoms with E-state index in [1.165, 1.54) is 11.1 Å². The maximum Gasteiger partial charge on any atom is 0.147 e. The fourth-order valence-electron chi connectivity index (χ4n) is 8.93. The lowest BCUT2D eigenvalue weighted by molar-refractivity contribution is 0.663. The number of hydrogen-bond acceptors (Lipinski definition) is 4. The van der Waals surface area contributed by atoms with Crippen LogP contribution in [0.15, 0.2) is 191 Å². The summed E-state index contributed by atoms with van der Waals surface area (Å²) in [6.07, 6.45) is 0. The molecular weight excluding hydrogens is 733 g/mol. The largest absolute Gasteiger partial charge is 0.456 e. The van der Waals surface area contributed by atoms with Crippen molar-refractivity contribution in [2.24, 2.45) is 0 Å². The van der Waals surface area contributed by atoms with E-state index in [0.29, 0.717) is 11.8 Å². The van der Waals surface area contributed by atoms with Crippen molar-refractivity contribution in [2.75, 3.05) is 9.80 Å². The van der Waals surface area contributed by atoms with Gasteiger partial charge in [-0.15, -0.1) is 0 Å². The van der Waals surface area contributed by atoms with Crippen molar-refractivity contribution < 1.29 is 8.83 Å². The number of fused-ring (bicyclic) bond motifs is 9. The van der Waals surface area contributed by atoms with Gasteiger partial charge in [0.15, 0.2) is 0 Å². The standard InChI is InChI=1S/C56H44N2O2/c1-35(2)37-13-11-19-45(27-37)57(43-15-7-5-8-16-43)47-23-21-39-31-50-49-25-26-52-55(56(49)60-53(50)33-41(39)29-47)51-32-40-22-24-48(30-42(40)34-54(51)59-52)58(44-17-9-6-10-18-44)46-20-12-14-38(28-46)36(3)4/h5-36H,1-4H3. The lowest BCUT2D eigenvalue weighted by atomic mass is 10.0. The van der Waals surface area contributed by atoms with E-state index in [9.17, 15) is 0 Å². The van der Waals surface area contributed by atoms with Crippen molar-refractivity contribution in [3.05, 3.63) is 193 Å². The van der Waals surface area contributed by atoms with E-state index in [1.807, 2.05) is 0 Å². The summed E-state index contributed by atoms with van der Waals surface area (Å²) >= 11 is 0. The predicted molar refractivity (Wildman–Crippen MR) is 254 cm³/mol. The molecule has 60 heavy (non-hydrogen) atoms. The Morgan fingerprint density at radius 1 is 0.333 bits per heavy atom. The summed E-state index contributed by atoms with van der Waals surface area (Å²) in [7, 11) is 0. The second-order valence-electron chi connectivity index (χ2n) is 16.6. The normalized spacial score (nSPS) is 12.0. The number of furan rings is 2. The fourth-order valence-corrected chi connectivity index (χ4v) is 8.93. The summed E-state index contributed by atoms with van der Waals surface area (Å²) in [5, 5.41) is 8.78. The average Bonchev–Trinajstić information content (AvgIpc) is 3.83. The predicted octanol–water partition coefficient (Wildman–Crippen LogP) is 17.0. The first-order chi connectivity index (χ1) is 29.4. The molecular formula is C56H44N2O2. The van der Waals surface area contributed by atoms with Gasteiger partial charge in [0.1, 0.15) is 22.3 Å². The third-order valence-electron chi connectivity index (χ3n) is 12.1. The van der Waals surface area contributed by atoms with Crippen LogP contribution in [0.25, 0.3) is 65.4 Å². The minimum absolute atomic E-state index is 0.430. The summed E-state index contributed by atoms with van der Waals surface area (Å²) in [5.41, 5.74) is 12.7. The molecule has 0 saturated carbocycles. The molecule has 0 saturated heterocycles. The van der Waals surface area contributed by atoms with E-state index in [4.69, 9.17) is 8.83 Å². The number of hydrogen-bond donors (Lipinski definition) is 0. The molecule has 0 aliphatic rings. The van der Waals surface area contributed by atoms with Crippen LogP contribution in [0.3, 0.4) is 0 Å². The third-order valence-corrected chi connectivity index (χ3v) is 12.1. The number of para-hydroxylation sites is 2. The molecule has 9 aromatic carbocycles. The number of anilines is 6. The minimum atomic E-state index is 0.430. The molecule has 2 heterocycles. The SMILES string of the molecule is CC(C)c1cccc(N(c2ccccc2)c2ccc3cc4c(cc3c2)oc2c4ccc3oc4cc5cc(N(c6ccccc6)c6cccc(C(C)C)c6)ccc5cc4c32)c1. The van der Waals surface area contributed by atoms with Gasteiger partial charge < -0.3 is 18.6 Å². The van der Waals surface area contributed by atoms with Gasteiger partial charge in [-0.3, -0.25) is 0 Å². The maximum atomic E-state index is 6.86. The molecule has 2 aromatic heterocycles. The molecule has 0 N–H and O–H groups in total. The van der Waals surface area contributed by atoms with Gasteiger partial charge in [-0.2, -0.15) is 0 Å². The van der Waals surface area contributed by atoms with Crippen LogP contribution in [-0.4, -0.2) is 0 Å². The molecule has 0 spiro atoms. The van der Waals surface area contributed by atoms with Gasteiger partial charge in [0.25, 0.3) is 0 Å². The highest BCUT2D eigenvalue weighted by atomic mass is 16.3. The van der Waals surface area contributed by atoms with Gasteiger partial charge in [-0.05, 0) is 154 Å². The first kappa shape index (κ1) is 35.8. The zero-order valence-electron chi connectivity index (χ0n) is 34.2. The molecule has 0 fully saturated rings. The summed E-state index contributed by atoms with van der Waals surface area (Å²) in [6, 6.07) is 65.5. The van der Waals surface area contributed by atoms with Crippen molar-refractivity contribution >= 4 is 99.5 Å². The average molecular weight is 777 g/mol. The molecule has 11 rings (SSSR count). The lowest BCUT2D eigenvalue weighted by Crippen LogP contribution is -2.10. The van der Waals surface area contributed by atoms with Gasteiger partial charge in [-0.25, -0.2) is 0 Å². The zero-order chi connectivity index (χ0) is 40.5. The second kappa shape index (κ2) is 14.2. The van der Waals surface area contributed by atoms with E-state index in [2.05, 4.69) is 219 Å². The molecule has 4 heteroatoms. The molecule has 0 amide bonds. The minimum Gasteiger partial charge on any atom is -0.456 e. The van der Waals surface area contributed by atoms with Crippen LogP contribution >= 0.6 is 0 Å². The van der Waals surface area contributed by atoms with Gasteiger partial charge in [-0.1, -0.05) is 100 Å². The molecule has 4 nitrogen and oxygen atoms in total. The highest BCUT2D eigenvalue weighted by Crippen LogP contribution is 2.44. The van der Waals surface area contributed by atoms with Crippen molar-refractivity contribution in [3.63, 3.8) is 0 Å². The van der Waals surface area contributed by atoms with E-state index in [-0.39, 0.29) is 0 Å². The fraction of sp³-hybridized carbons (Fsp3) is 0.107. The Hall–Kier alpha value is -7.30. The quantitative estimate of drug-likeness (QED) is 0.154. The number of benzene rings is 9. The Balaban J connectivity index is 1.03. The molecule has 0 aliphatic carbocycles. The molecule has 0 atom stereocenters. The van der Waals surface area contributed by atoms with Crippen LogP contribution in [0, 0.1) is 0 Å². The Labute approximate surface area is 349 Å². The first-order valence-corrected chi connectivity index (χ1v) is 21.0. The van der Waals surface area contributed by atoms with Crippen LogP contribution in [-0.2, 0) is 0 Å². The second-order valence-corrected chi connectivity index (χ2v) is 16.6. The summed E-state index contributed by atoms with van der Waals surface area (Å²) in [4.78, 5) is 4.68. The molecule has 0 aliphatic heterocycles.